The minimum atomic E-state index is -0.257. The Morgan fingerprint density at radius 1 is 1.04 bits per heavy atom. The number of pyridine rings is 1. The highest BCUT2D eigenvalue weighted by Gasteiger charge is 2.14. The molecule has 140 valence electrons. The van der Waals surface area contributed by atoms with Gasteiger partial charge >= 0.3 is 0 Å². The van der Waals surface area contributed by atoms with Gasteiger partial charge in [-0.3, -0.25) is 9.78 Å². The highest BCUT2D eigenvalue weighted by Crippen LogP contribution is 2.24. The lowest BCUT2D eigenvalue weighted by Gasteiger charge is -2.19. The number of nitrogens with one attached hydrogen (secondary N) is 1. The zero-order valence-electron chi connectivity index (χ0n) is 15.9. The number of nitrogens with zero attached hydrogens (tertiary/aromatic N) is 1. The van der Waals surface area contributed by atoms with E-state index in [2.05, 4.69) is 43.2 Å². The standard InChI is InChI=1S/C22H24N2O3/c1-22(2,3)17-4-6-18(7-5-17)26-15-19-8-9-20(27-19)21(25)24-14-16-10-12-23-13-11-16/h4-13H,14-15H2,1-3H3,(H,24,25). The Hall–Kier alpha value is -3.08. The summed E-state index contributed by atoms with van der Waals surface area (Å²) in [6, 6.07) is 15.1. The van der Waals surface area contributed by atoms with E-state index in [0.717, 1.165) is 11.3 Å². The minimum Gasteiger partial charge on any atom is -0.486 e. The maximum absolute atomic E-state index is 12.2. The molecule has 1 amide bonds. The SMILES string of the molecule is CC(C)(C)c1ccc(OCc2ccc(C(=O)NCc3ccncc3)o2)cc1. The van der Waals surface area contributed by atoms with Crippen LogP contribution < -0.4 is 10.1 Å². The van der Waals surface area contributed by atoms with Gasteiger partial charge in [-0.1, -0.05) is 32.9 Å². The van der Waals surface area contributed by atoms with Crippen LogP contribution >= 0.6 is 0 Å². The van der Waals surface area contributed by atoms with E-state index in [4.69, 9.17) is 9.15 Å². The minimum absolute atomic E-state index is 0.109. The predicted molar refractivity (Wildman–Crippen MR) is 104 cm³/mol. The third-order valence-corrected chi connectivity index (χ3v) is 4.19. The molecule has 0 radical (unpaired) electrons. The van der Waals surface area contributed by atoms with E-state index in [1.807, 2.05) is 24.3 Å². The summed E-state index contributed by atoms with van der Waals surface area (Å²) < 4.78 is 11.3. The Morgan fingerprint density at radius 2 is 1.74 bits per heavy atom. The smallest absolute Gasteiger partial charge is 0.287 e. The van der Waals surface area contributed by atoms with Crippen LogP contribution in [0.25, 0.3) is 0 Å². The molecule has 1 N–H and O–H groups in total. The molecular formula is C22H24N2O3. The van der Waals surface area contributed by atoms with Crippen LogP contribution in [0.5, 0.6) is 5.75 Å². The zero-order valence-corrected chi connectivity index (χ0v) is 15.9. The summed E-state index contributed by atoms with van der Waals surface area (Å²) in [5, 5.41) is 2.82. The van der Waals surface area contributed by atoms with Gasteiger partial charge in [-0.15, -0.1) is 0 Å². The van der Waals surface area contributed by atoms with Crippen molar-refractivity contribution in [1.29, 1.82) is 0 Å². The van der Waals surface area contributed by atoms with Crippen molar-refractivity contribution >= 4 is 5.91 Å². The lowest BCUT2D eigenvalue weighted by Crippen LogP contribution is -2.22. The van der Waals surface area contributed by atoms with Crippen LogP contribution in [-0.2, 0) is 18.6 Å². The normalized spacial score (nSPS) is 11.2. The molecule has 5 heteroatoms. The van der Waals surface area contributed by atoms with Crippen molar-refractivity contribution in [3.8, 4) is 5.75 Å². The first-order valence-corrected chi connectivity index (χ1v) is 8.91. The number of hydrogen-bond donors (Lipinski definition) is 1. The van der Waals surface area contributed by atoms with Gasteiger partial charge in [0.2, 0.25) is 0 Å². The second-order valence-corrected chi connectivity index (χ2v) is 7.37. The third kappa shape index (κ3) is 5.20. The molecular weight excluding hydrogens is 340 g/mol. The van der Waals surface area contributed by atoms with Gasteiger partial charge in [-0.25, -0.2) is 0 Å². The Labute approximate surface area is 159 Å². The molecule has 2 heterocycles. The summed E-state index contributed by atoms with van der Waals surface area (Å²) in [7, 11) is 0. The lowest BCUT2D eigenvalue weighted by molar-refractivity contribution is 0.0919. The highest BCUT2D eigenvalue weighted by atomic mass is 16.5. The van der Waals surface area contributed by atoms with Gasteiger partial charge in [0.1, 0.15) is 18.1 Å². The number of carbonyl (C=O) groups is 1. The number of ether oxygens (including phenoxy) is 1. The second kappa shape index (κ2) is 8.08. The molecule has 1 aromatic carbocycles. The van der Waals surface area contributed by atoms with Crippen molar-refractivity contribution in [3.63, 3.8) is 0 Å². The number of rotatable bonds is 6. The fraction of sp³-hybridized carbons (Fsp3) is 0.273. The van der Waals surface area contributed by atoms with Crippen molar-refractivity contribution < 1.29 is 13.9 Å². The molecule has 0 atom stereocenters. The van der Waals surface area contributed by atoms with Crippen LogP contribution in [0.4, 0.5) is 0 Å². The van der Waals surface area contributed by atoms with Crippen LogP contribution in [0, 0.1) is 0 Å². The van der Waals surface area contributed by atoms with E-state index in [1.54, 1.807) is 24.5 Å². The topological polar surface area (TPSA) is 64.4 Å². The molecule has 0 aliphatic rings. The Kier molecular flexibility index (Phi) is 5.60. The van der Waals surface area contributed by atoms with Crippen LogP contribution in [0.3, 0.4) is 0 Å². The molecule has 3 aromatic rings. The summed E-state index contributed by atoms with van der Waals surface area (Å²) in [6.45, 7) is 7.22. The molecule has 2 aromatic heterocycles. The third-order valence-electron chi connectivity index (χ3n) is 4.19. The van der Waals surface area contributed by atoms with Crippen LogP contribution in [-0.4, -0.2) is 10.9 Å². The van der Waals surface area contributed by atoms with E-state index in [1.165, 1.54) is 5.56 Å². The van der Waals surface area contributed by atoms with Gasteiger partial charge in [0, 0.05) is 18.9 Å². The molecule has 0 fully saturated rings. The molecule has 0 saturated heterocycles. The summed E-state index contributed by atoms with van der Waals surface area (Å²) in [5.41, 5.74) is 2.34. The highest BCUT2D eigenvalue weighted by molar-refractivity contribution is 5.91. The number of amides is 1. The number of benzene rings is 1. The van der Waals surface area contributed by atoms with Gasteiger partial charge < -0.3 is 14.5 Å². The summed E-state index contributed by atoms with van der Waals surface area (Å²) >= 11 is 0. The largest absolute Gasteiger partial charge is 0.486 e. The fourth-order valence-electron chi connectivity index (χ4n) is 2.55. The summed E-state index contributed by atoms with van der Waals surface area (Å²) in [6.07, 6.45) is 3.38. The van der Waals surface area contributed by atoms with Crippen molar-refractivity contribution in [3.05, 3.63) is 83.6 Å². The fourth-order valence-corrected chi connectivity index (χ4v) is 2.55. The first-order valence-electron chi connectivity index (χ1n) is 8.91. The average molecular weight is 364 g/mol. The number of aromatic nitrogens is 1. The molecule has 0 spiro atoms. The van der Waals surface area contributed by atoms with Crippen LogP contribution in [0.15, 0.2) is 65.3 Å². The number of furan rings is 1. The van der Waals surface area contributed by atoms with Crippen molar-refractivity contribution in [1.82, 2.24) is 10.3 Å². The van der Waals surface area contributed by atoms with E-state index in [-0.39, 0.29) is 23.7 Å². The van der Waals surface area contributed by atoms with Crippen molar-refractivity contribution in [2.24, 2.45) is 0 Å². The molecule has 3 rings (SSSR count). The van der Waals surface area contributed by atoms with Gasteiger partial charge in [0.05, 0.1) is 0 Å². The summed E-state index contributed by atoms with van der Waals surface area (Å²) in [5.74, 6) is 1.38. The summed E-state index contributed by atoms with van der Waals surface area (Å²) in [4.78, 5) is 16.1. The predicted octanol–water partition coefficient (Wildman–Crippen LogP) is 4.48. The van der Waals surface area contributed by atoms with E-state index < -0.39 is 0 Å². The first kappa shape index (κ1) is 18.7. The second-order valence-electron chi connectivity index (χ2n) is 7.37. The van der Waals surface area contributed by atoms with Crippen molar-refractivity contribution in [2.45, 2.75) is 39.3 Å². The molecule has 0 bridgehead atoms. The zero-order chi connectivity index (χ0) is 19.3. The van der Waals surface area contributed by atoms with E-state index in [0.29, 0.717) is 12.3 Å². The molecule has 5 nitrogen and oxygen atoms in total. The molecule has 0 aliphatic carbocycles. The quantitative estimate of drug-likeness (QED) is 0.700. The van der Waals surface area contributed by atoms with Crippen LogP contribution in [0.1, 0.15) is 48.2 Å². The van der Waals surface area contributed by atoms with E-state index >= 15 is 0 Å². The lowest BCUT2D eigenvalue weighted by atomic mass is 9.87. The van der Waals surface area contributed by atoms with E-state index in [9.17, 15) is 4.79 Å². The average Bonchev–Trinajstić information content (AvgIpc) is 3.14. The number of carbonyl (C=O) groups excluding carboxylic acids is 1. The Bertz CT molecular complexity index is 878. The maximum Gasteiger partial charge on any atom is 0.287 e. The Balaban J connectivity index is 1.52. The van der Waals surface area contributed by atoms with Gasteiger partial charge in [-0.05, 0) is 52.9 Å². The molecule has 0 aliphatic heterocycles. The molecule has 27 heavy (non-hydrogen) atoms. The maximum atomic E-state index is 12.2. The first-order chi connectivity index (χ1) is 12.9. The van der Waals surface area contributed by atoms with Gasteiger partial charge in [0.25, 0.3) is 5.91 Å². The van der Waals surface area contributed by atoms with Crippen molar-refractivity contribution in [2.75, 3.05) is 0 Å². The molecule has 0 unspecified atom stereocenters. The molecule has 0 saturated carbocycles. The van der Waals surface area contributed by atoms with Gasteiger partial charge in [0.15, 0.2) is 5.76 Å². The van der Waals surface area contributed by atoms with Gasteiger partial charge in [-0.2, -0.15) is 0 Å². The Morgan fingerprint density at radius 3 is 2.41 bits per heavy atom. The number of hydrogen-bond acceptors (Lipinski definition) is 4. The monoisotopic (exact) mass is 364 g/mol. The van der Waals surface area contributed by atoms with Crippen LogP contribution in [0.2, 0.25) is 0 Å².